The van der Waals surface area contributed by atoms with Crippen molar-refractivity contribution in [3.05, 3.63) is 71.6 Å². The second kappa shape index (κ2) is 6.39. The van der Waals surface area contributed by atoms with E-state index in [-0.39, 0.29) is 11.7 Å². The molecule has 0 atom stereocenters. The molecular formula is C17H20FN3. The lowest BCUT2D eigenvalue weighted by Gasteiger charge is -2.15. The Labute approximate surface area is 124 Å². The van der Waals surface area contributed by atoms with Crippen LogP contribution in [0.4, 0.5) is 4.39 Å². The first-order valence-electron chi connectivity index (χ1n) is 6.90. The lowest BCUT2D eigenvalue weighted by Crippen LogP contribution is -2.23. The van der Waals surface area contributed by atoms with Gasteiger partial charge in [0, 0.05) is 11.9 Å². The number of nitrogens with two attached hydrogens (primary N) is 1. The van der Waals surface area contributed by atoms with Crippen LogP contribution < -0.4 is 11.3 Å². The Balaban J connectivity index is 2.38. The van der Waals surface area contributed by atoms with E-state index >= 15 is 0 Å². The zero-order valence-corrected chi connectivity index (χ0v) is 12.4. The Morgan fingerprint density at radius 3 is 2.67 bits per heavy atom. The molecule has 0 fully saturated rings. The fourth-order valence-electron chi connectivity index (χ4n) is 2.14. The summed E-state index contributed by atoms with van der Waals surface area (Å²) in [4.78, 5) is 0. The van der Waals surface area contributed by atoms with Crippen LogP contribution >= 0.6 is 0 Å². The molecule has 0 amide bonds. The van der Waals surface area contributed by atoms with Gasteiger partial charge in [0.25, 0.3) is 0 Å². The molecule has 0 aliphatic heterocycles. The smallest absolute Gasteiger partial charge is 0.156 e. The summed E-state index contributed by atoms with van der Waals surface area (Å²) < 4.78 is 15.1. The highest BCUT2D eigenvalue weighted by Gasteiger charge is 2.06. The number of rotatable bonds is 4. The van der Waals surface area contributed by atoms with Crippen molar-refractivity contribution in [3.8, 4) is 0 Å². The van der Waals surface area contributed by atoms with Crippen LogP contribution in [0.2, 0.25) is 0 Å². The largest absolute Gasteiger partial charge is 0.321 e. The molecule has 1 aromatic heterocycles. The quantitative estimate of drug-likeness (QED) is 0.680. The van der Waals surface area contributed by atoms with Gasteiger partial charge in [-0.2, -0.15) is 5.10 Å². The van der Waals surface area contributed by atoms with Gasteiger partial charge in [-0.15, -0.1) is 0 Å². The predicted octanol–water partition coefficient (Wildman–Crippen LogP) is 3.12. The minimum Gasteiger partial charge on any atom is -0.321 e. The molecule has 2 N–H and O–H groups in total. The topological polar surface area (TPSA) is 43.3 Å². The van der Waals surface area contributed by atoms with Crippen molar-refractivity contribution in [1.29, 1.82) is 0 Å². The molecule has 0 bridgehead atoms. The number of hydrogen-bond acceptors (Lipinski definition) is 2. The second-order valence-corrected chi connectivity index (χ2v) is 5.35. The van der Waals surface area contributed by atoms with Crippen LogP contribution in [0.1, 0.15) is 25.0 Å². The minimum atomic E-state index is -0.222. The molecule has 3 nitrogen and oxygen atoms in total. The summed E-state index contributed by atoms with van der Waals surface area (Å²) in [5.74, 6) is 5.48. The lowest BCUT2D eigenvalue weighted by atomic mass is 10.1. The summed E-state index contributed by atoms with van der Waals surface area (Å²) in [6, 6.07) is 10.4. The first-order valence-corrected chi connectivity index (χ1v) is 6.90. The van der Waals surface area contributed by atoms with Crippen molar-refractivity contribution in [2.24, 2.45) is 16.9 Å². The highest BCUT2D eigenvalue weighted by Crippen LogP contribution is 2.14. The zero-order valence-electron chi connectivity index (χ0n) is 12.4. The average Bonchev–Trinajstić information content (AvgIpc) is 2.46. The van der Waals surface area contributed by atoms with Gasteiger partial charge in [-0.3, -0.25) is 0 Å². The van der Waals surface area contributed by atoms with Crippen molar-refractivity contribution in [2.45, 2.75) is 20.3 Å². The maximum atomic E-state index is 13.3. The third-order valence-corrected chi connectivity index (χ3v) is 3.39. The van der Waals surface area contributed by atoms with E-state index in [0.717, 1.165) is 16.8 Å². The van der Waals surface area contributed by atoms with Crippen LogP contribution in [0.3, 0.4) is 0 Å². The fourth-order valence-corrected chi connectivity index (χ4v) is 2.14. The molecule has 0 saturated carbocycles. The Hall–Kier alpha value is -2.36. The first-order chi connectivity index (χ1) is 10.0. The van der Waals surface area contributed by atoms with E-state index < -0.39 is 0 Å². The monoisotopic (exact) mass is 285 g/mol. The molecule has 0 aliphatic rings. The normalized spacial score (nSPS) is 11.9. The van der Waals surface area contributed by atoms with E-state index in [2.05, 4.69) is 25.5 Å². The number of pyridine rings is 1. The zero-order chi connectivity index (χ0) is 15.4. The lowest BCUT2D eigenvalue weighted by molar-refractivity contribution is 0.626. The number of nitrogens with zero attached hydrogens (tertiary/aromatic N) is 2. The van der Waals surface area contributed by atoms with Gasteiger partial charge in [-0.1, -0.05) is 38.6 Å². The summed E-state index contributed by atoms with van der Waals surface area (Å²) in [5, 5.41) is 3.78. The van der Waals surface area contributed by atoms with Gasteiger partial charge in [-0.05, 0) is 41.7 Å². The Bertz CT molecular complexity index is 714. The van der Waals surface area contributed by atoms with Crippen LogP contribution in [0.15, 0.2) is 54.3 Å². The number of aromatic nitrogens is 1. The van der Waals surface area contributed by atoms with E-state index in [4.69, 9.17) is 5.84 Å². The predicted molar refractivity (Wildman–Crippen MR) is 83.6 cm³/mol. The van der Waals surface area contributed by atoms with Gasteiger partial charge < -0.3 is 10.4 Å². The van der Waals surface area contributed by atoms with Crippen molar-refractivity contribution in [1.82, 2.24) is 4.57 Å². The molecular weight excluding hydrogens is 265 g/mol. The summed E-state index contributed by atoms with van der Waals surface area (Å²) >= 11 is 0. The standard InChI is InChI=1S/C17H20FN3/c1-12(2)13(3)21-11-15(7-8-17(21)20-19)9-14-5-4-6-16(18)10-14/h4-8,10-12H,3,9,19H2,1-2H3/b20-17-. The van der Waals surface area contributed by atoms with Crippen molar-refractivity contribution in [2.75, 3.05) is 0 Å². The molecule has 2 rings (SSSR count). The maximum absolute atomic E-state index is 13.3. The molecule has 0 spiro atoms. The third kappa shape index (κ3) is 3.60. The maximum Gasteiger partial charge on any atom is 0.156 e. The molecule has 1 heterocycles. The number of hydrogen-bond donors (Lipinski definition) is 1. The van der Waals surface area contributed by atoms with E-state index in [0.29, 0.717) is 11.9 Å². The van der Waals surface area contributed by atoms with Gasteiger partial charge >= 0.3 is 0 Å². The summed E-state index contributed by atoms with van der Waals surface area (Å²) in [5.41, 5.74) is 3.54. The number of allylic oxidation sites excluding steroid dienone is 1. The second-order valence-electron chi connectivity index (χ2n) is 5.35. The molecule has 0 aliphatic carbocycles. The number of halogens is 1. The molecule has 0 radical (unpaired) electrons. The Morgan fingerprint density at radius 1 is 1.29 bits per heavy atom. The van der Waals surface area contributed by atoms with Gasteiger partial charge in [0.2, 0.25) is 0 Å². The summed E-state index contributed by atoms with van der Waals surface area (Å²) in [6.45, 7) is 8.21. The van der Waals surface area contributed by atoms with E-state index in [1.165, 1.54) is 6.07 Å². The molecule has 1 aromatic carbocycles. The van der Waals surface area contributed by atoms with Gasteiger partial charge in [0.15, 0.2) is 5.49 Å². The SMILES string of the molecule is C=C(C(C)C)n1cc(Cc2cccc(F)c2)cc/c1=N/N. The Morgan fingerprint density at radius 2 is 2.05 bits per heavy atom. The third-order valence-electron chi connectivity index (χ3n) is 3.39. The van der Waals surface area contributed by atoms with Crippen molar-refractivity contribution in [3.63, 3.8) is 0 Å². The fraction of sp³-hybridized carbons (Fsp3) is 0.235. The van der Waals surface area contributed by atoms with Crippen molar-refractivity contribution < 1.29 is 4.39 Å². The highest BCUT2D eigenvalue weighted by molar-refractivity contribution is 5.44. The van der Waals surface area contributed by atoms with Crippen molar-refractivity contribution >= 4 is 5.70 Å². The summed E-state index contributed by atoms with van der Waals surface area (Å²) in [6.07, 6.45) is 2.60. The minimum absolute atomic E-state index is 0.222. The molecule has 110 valence electrons. The van der Waals surface area contributed by atoms with Crippen LogP contribution in [0, 0.1) is 11.7 Å². The molecule has 0 saturated heterocycles. The first kappa shape index (κ1) is 15.0. The van der Waals surface area contributed by atoms with Crippen LogP contribution in [0.5, 0.6) is 0 Å². The van der Waals surface area contributed by atoms with E-state index in [9.17, 15) is 4.39 Å². The van der Waals surface area contributed by atoms with Crippen LogP contribution in [-0.2, 0) is 6.42 Å². The van der Waals surface area contributed by atoms with Crippen LogP contribution in [0.25, 0.3) is 5.70 Å². The van der Waals surface area contributed by atoms with Gasteiger partial charge in [0.05, 0.1) is 0 Å². The van der Waals surface area contributed by atoms with Gasteiger partial charge in [0.1, 0.15) is 5.82 Å². The number of benzene rings is 1. The van der Waals surface area contributed by atoms with E-state index in [1.54, 1.807) is 12.1 Å². The molecule has 4 heteroatoms. The average molecular weight is 285 g/mol. The summed E-state index contributed by atoms with van der Waals surface area (Å²) in [7, 11) is 0. The van der Waals surface area contributed by atoms with Gasteiger partial charge in [-0.25, -0.2) is 4.39 Å². The molecule has 0 unspecified atom stereocenters. The van der Waals surface area contributed by atoms with E-state index in [1.807, 2.05) is 29.0 Å². The molecule has 21 heavy (non-hydrogen) atoms. The van der Waals surface area contributed by atoms with Crippen LogP contribution in [-0.4, -0.2) is 4.57 Å². The Kier molecular flexibility index (Phi) is 4.58. The highest BCUT2D eigenvalue weighted by atomic mass is 19.1. The molecule has 2 aromatic rings.